The molecule has 0 aliphatic heterocycles. The fraction of sp³-hybridized carbons (Fsp3) is 0.455. The molecule has 1 aliphatic rings. The number of nitrogens with zero attached hydrogens (tertiary/aromatic N) is 2. The lowest BCUT2D eigenvalue weighted by Gasteiger charge is -2.24. The van der Waals surface area contributed by atoms with E-state index in [9.17, 15) is 4.79 Å². The van der Waals surface area contributed by atoms with Gasteiger partial charge < -0.3 is 9.64 Å². The highest BCUT2D eigenvalue weighted by molar-refractivity contribution is 5.77. The van der Waals surface area contributed by atoms with Crippen LogP contribution >= 0.6 is 0 Å². The molecule has 0 saturated heterocycles. The maximum absolute atomic E-state index is 12.8. The fourth-order valence-electron chi connectivity index (χ4n) is 3.40. The number of benzene rings is 1. The number of fused-ring (bicyclic) bond motifs is 1. The minimum Gasteiger partial charge on any atom is -0.483 e. The molecule has 4 heteroatoms. The second kappa shape index (κ2) is 9.37. The Balaban J connectivity index is 1.64. The first-order valence-corrected chi connectivity index (χ1v) is 9.69. The molecule has 0 spiro atoms. The van der Waals surface area contributed by atoms with Crippen LogP contribution in [0, 0.1) is 0 Å². The van der Waals surface area contributed by atoms with E-state index in [-0.39, 0.29) is 12.5 Å². The number of ether oxygens (including phenoxy) is 1. The van der Waals surface area contributed by atoms with Crippen LogP contribution in [0.4, 0.5) is 0 Å². The normalized spacial score (nSPS) is 13.1. The Morgan fingerprint density at radius 1 is 1.15 bits per heavy atom. The third-order valence-corrected chi connectivity index (χ3v) is 4.89. The highest BCUT2D eigenvalue weighted by Crippen LogP contribution is 2.27. The Kier molecular flexibility index (Phi) is 6.64. The van der Waals surface area contributed by atoms with Gasteiger partial charge in [-0.05, 0) is 43.7 Å². The summed E-state index contributed by atoms with van der Waals surface area (Å²) in [7, 11) is 0. The summed E-state index contributed by atoms with van der Waals surface area (Å²) in [5, 5.41) is 0. The lowest BCUT2D eigenvalue weighted by molar-refractivity contribution is -0.134. The Morgan fingerprint density at radius 3 is 2.77 bits per heavy atom. The zero-order valence-electron chi connectivity index (χ0n) is 15.6. The van der Waals surface area contributed by atoms with Gasteiger partial charge in [0.05, 0.1) is 0 Å². The summed E-state index contributed by atoms with van der Waals surface area (Å²) in [6.07, 6.45) is 8.22. The van der Waals surface area contributed by atoms with Crippen LogP contribution in [-0.4, -0.2) is 28.9 Å². The number of aromatic nitrogens is 1. The van der Waals surface area contributed by atoms with Crippen molar-refractivity contribution in [3.63, 3.8) is 0 Å². The molecule has 0 bridgehead atoms. The first kappa shape index (κ1) is 18.4. The first-order valence-electron chi connectivity index (χ1n) is 9.69. The Morgan fingerprint density at radius 2 is 1.96 bits per heavy atom. The summed E-state index contributed by atoms with van der Waals surface area (Å²) >= 11 is 0. The highest BCUT2D eigenvalue weighted by Gasteiger charge is 2.18. The largest absolute Gasteiger partial charge is 0.483 e. The van der Waals surface area contributed by atoms with Gasteiger partial charge in [0, 0.05) is 30.5 Å². The number of amides is 1. The lowest BCUT2D eigenvalue weighted by atomic mass is 9.95. The highest BCUT2D eigenvalue weighted by atomic mass is 16.5. The summed E-state index contributed by atoms with van der Waals surface area (Å²) in [5.41, 5.74) is 3.47. The van der Waals surface area contributed by atoms with Crippen molar-refractivity contribution >= 4 is 5.91 Å². The standard InChI is InChI=1S/C22H28N2O2/c1-2-3-15-24(16-18-9-5-4-6-10-18)22(25)17-26-21-13-14-23-20-12-8-7-11-19(20)21/h4-6,9-10,13-14H,2-3,7-8,11-12,15-17H2,1H3. The predicted octanol–water partition coefficient (Wildman–Crippen LogP) is 4.17. The SMILES string of the molecule is CCCCN(Cc1ccccc1)C(=O)COc1ccnc2c1CCCC2. The van der Waals surface area contributed by atoms with E-state index in [0.29, 0.717) is 6.54 Å². The molecule has 0 N–H and O–H groups in total. The van der Waals surface area contributed by atoms with E-state index in [1.165, 1.54) is 18.4 Å². The van der Waals surface area contributed by atoms with Crippen LogP contribution in [0.3, 0.4) is 0 Å². The molecule has 1 aromatic heterocycles. The quantitative estimate of drug-likeness (QED) is 0.716. The average molecular weight is 352 g/mol. The second-order valence-corrected chi connectivity index (χ2v) is 6.88. The number of pyridine rings is 1. The molecule has 1 aromatic carbocycles. The molecular formula is C22H28N2O2. The van der Waals surface area contributed by atoms with Gasteiger partial charge >= 0.3 is 0 Å². The molecule has 3 rings (SSSR count). The van der Waals surface area contributed by atoms with Crippen LogP contribution in [0.5, 0.6) is 5.75 Å². The van der Waals surface area contributed by atoms with Gasteiger partial charge in [0.2, 0.25) is 0 Å². The van der Waals surface area contributed by atoms with Gasteiger partial charge in [-0.1, -0.05) is 43.7 Å². The van der Waals surface area contributed by atoms with Crippen LogP contribution < -0.4 is 4.74 Å². The summed E-state index contributed by atoms with van der Waals surface area (Å²) in [5.74, 6) is 0.877. The number of hydrogen-bond donors (Lipinski definition) is 0. The maximum atomic E-state index is 12.8. The second-order valence-electron chi connectivity index (χ2n) is 6.88. The molecular weight excluding hydrogens is 324 g/mol. The van der Waals surface area contributed by atoms with Crippen LogP contribution in [0.2, 0.25) is 0 Å². The smallest absolute Gasteiger partial charge is 0.260 e. The van der Waals surface area contributed by atoms with Crippen LogP contribution in [0.25, 0.3) is 0 Å². The number of aryl methyl sites for hydroxylation is 1. The van der Waals surface area contributed by atoms with E-state index in [2.05, 4.69) is 24.0 Å². The van der Waals surface area contributed by atoms with E-state index in [1.54, 1.807) is 6.20 Å². The van der Waals surface area contributed by atoms with Crippen LogP contribution in [0.15, 0.2) is 42.6 Å². The molecule has 0 saturated carbocycles. The molecule has 4 nitrogen and oxygen atoms in total. The van der Waals surface area contributed by atoms with Crippen molar-refractivity contribution in [2.45, 2.75) is 52.0 Å². The minimum absolute atomic E-state index is 0.0451. The third kappa shape index (κ3) is 4.84. The third-order valence-electron chi connectivity index (χ3n) is 4.89. The van der Waals surface area contributed by atoms with Crippen molar-refractivity contribution in [3.8, 4) is 5.75 Å². The van der Waals surface area contributed by atoms with E-state index in [0.717, 1.165) is 49.2 Å². The Hall–Kier alpha value is -2.36. The molecule has 0 unspecified atom stereocenters. The van der Waals surface area contributed by atoms with Crippen molar-refractivity contribution in [1.82, 2.24) is 9.88 Å². The van der Waals surface area contributed by atoms with E-state index < -0.39 is 0 Å². The molecule has 1 aliphatic carbocycles. The summed E-state index contributed by atoms with van der Waals surface area (Å²) in [6.45, 7) is 3.64. The van der Waals surface area contributed by atoms with Gasteiger partial charge in [-0.3, -0.25) is 9.78 Å². The molecule has 0 fully saturated rings. The Bertz CT molecular complexity index is 715. The summed E-state index contributed by atoms with van der Waals surface area (Å²) in [6, 6.07) is 12.0. The summed E-state index contributed by atoms with van der Waals surface area (Å²) < 4.78 is 5.93. The van der Waals surface area contributed by atoms with Crippen molar-refractivity contribution < 1.29 is 9.53 Å². The number of hydrogen-bond acceptors (Lipinski definition) is 3. The van der Waals surface area contributed by atoms with Gasteiger partial charge in [-0.25, -0.2) is 0 Å². The van der Waals surface area contributed by atoms with Crippen LogP contribution in [-0.2, 0) is 24.2 Å². The van der Waals surface area contributed by atoms with Crippen molar-refractivity contribution in [1.29, 1.82) is 0 Å². The van der Waals surface area contributed by atoms with E-state index in [4.69, 9.17) is 4.74 Å². The van der Waals surface area contributed by atoms with Crippen molar-refractivity contribution in [2.24, 2.45) is 0 Å². The molecule has 1 amide bonds. The zero-order valence-corrected chi connectivity index (χ0v) is 15.6. The van der Waals surface area contributed by atoms with Gasteiger partial charge in [-0.15, -0.1) is 0 Å². The number of carbonyl (C=O) groups excluding carboxylic acids is 1. The molecule has 1 heterocycles. The number of unbranched alkanes of at least 4 members (excludes halogenated alkanes) is 1. The molecule has 26 heavy (non-hydrogen) atoms. The Labute approximate surface area is 156 Å². The van der Waals surface area contributed by atoms with Gasteiger partial charge in [0.15, 0.2) is 6.61 Å². The topological polar surface area (TPSA) is 42.4 Å². The summed E-state index contributed by atoms with van der Waals surface area (Å²) in [4.78, 5) is 19.2. The maximum Gasteiger partial charge on any atom is 0.260 e. The van der Waals surface area contributed by atoms with Crippen LogP contribution in [0.1, 0.15) is 49.4 Å². The lowest BCUT2D eigenvalue weighted by Crippen LogP contribution is -2.35. The fourth-order valence-corrected chi connectivity index (χ4v) is 3.40. The number of carbonyl (C=O) groups is 1. The minimum atomic E-state index is 0.0451. The molecule has 138 valence electrons. The van der Waals surface area contributed by atoms with Crippen molar-refractivity contribution in [3.05, 3.63) is 59.4 Å². The zero-order chi connectivity index (χ0) is 18.2. The van der Waals surface area contributed by atoms with E-state index in [1.807, 2.05) is 29.2 Å². The predicted molar refractivity (Wildman–Crippen MR) is 103 cm³/mol. The number of rotatable bonds is 8. The van der Waals surface area contributed by atoms with Crippen molar-refractivity contribution in [2.75, 3.05) is 13.2 Å². The monoisotopic (exact) mass is 352 g/mol. The first-order chi connectivity index (χ1) is 12.8. The van der Waals surface area contributed by atoms with Gasteiger partial charge in [0.25, 0.3) is 5.91 Å². The van der Waals surface area contributed by atoms with E-state index >= 15 is 0 Å². The molecule has 0 radical (unpaired) electrons. The average Bonchev–Trinajstić information content (AvgIpc) is 2.70. The molecule has 2 aromatic rings. The van der Waals surface area contributed by atoms with Gasteiger partial charge in [0.1, 0.15) is 5.75 Å². The molecule has 0 atom stereocenters. The van der Waals surface area contributed by atoms with Gasteiger partial charge in [-0.2, -0.15) is 0 Å².